The number of aromatic nitrogens is 1. The largest absolute Gasteiger partial charge is 0.426 e. The van der Waals surface area contributed by atoms with Gasteiger partial charge in [0.1, 0.15) is 5.75 Å². The number of fused-ring (bicyclic) bond motifs is 1. The van der Waals surface area contributed by atoms with Gasteiger partial charge in [-0.15, -0.1) is 0 Å². The molecule has 0 unspecified atom stereocenters. The molecule has 2 aromatic rings. The van der Waals surface area contributed by atoms with Crippen LogP contribution < -0.4 is 10.3 Å². The molecule has 23 heavy (non-hydrogen) atoms. The molecule has 126 valence electrons. The Labute approximate surface area is 136 Å². The Bertz CT molecular complexity index is 767. The first kappa shape index (κ1) is 17.3. The second kappa shape index (κ2) is 7.02. The molecule has 5 nitrogen and oxygen atoms in total. The number of ether oxygens (including phenoxy) is 1. The molecular formula is C18H25NO4. The van der Waals surface area contributed by atoms with Gasteiger partial charge in [0.05, 0.1) is 11.4 Å². The normalized spacial score (nSPS) is 11.4. The first-order valence-electron chi connectivity index (χ1n) is 8.29. The van der Waals surface area contributed by atoms with Crippen molar-refractivity contribution in [3.63, 3.8) is 0 Å². The zero-order valence-electron chi connectivity index (χ0n) is 14.6. The molecule has 0 radical (unpaired) electrons. The number of aryl methyl sites for hydroxylation is 2. The van der Waals surface area contributed by atoms with Crippen molar-refractivity contribution in [1.82, 2.24) is 4.74 Å². The third-order valence-electron chi connectivity index (χ3n) is 3.76. The van der Waals surface area contributed by atoms with Crippen LogP contribution in [0.2, 0.25) is 0 Å². The summed E-state index contributed by atoms with van der Waals surface area (Å²) in [4.78, 5) is 24.1. The summed E-state index contributed by atoms with van der Waals surface area (Å²) in [6.07, 6.45) is 3.22. The minimum atomic E-state index is -0.357. The Balaban J connectivity index is 2.83. The molecule has 0 aliphatic carbocycles. The molecule has 0 fully saturated rings. The van der Waals surface area contributed by atoms with E-state index < -0.39 is 0 Å². The van der Waals surface area contributed by atoms with Gasteiger partial charge in [0, 0.05) is 12.5 Å². The van der Waals surface area contributed by atoms with E-state index in [-0.39, 0.29) is 17.6 Å². The molecule has 0 aliphatic rings. The maximum Gasteiger partial charge on any atom is 0.308 e. The number of rotatable bonds is 6. The number of esters is 1. The van der Waals surface area contributed by atoms with Gasteiger partial charge in [0.2, 0.25) is 0 Å². The maximum absolute atomic E-state index is 12.6. The van der Waals surface area contributed by atoms with Crippen LogP contribution in [0.15, 0.2) is 15.4 Å². The summed E-state index contributed by atoms with van der Waals surface area (Å²) < 4.78 is 12.7. The number of benzene rings is 1. The molecular weight excluding hydrogens is 294 g/mol. The fourth-order valence-corrected chi connectivity index (χ4v) is 2.83. The summed E-state index contributed by atoms with van der Waals surface area (Å²) in [5.41, 5.74) is 2.13. The molecule has 0 saturated carbocycles. The van der Waals surface area contributed by atoms with Crippen molar-refractivity contribution >= 4 is 16.9 Å². The van der Waals surface area contributed by atoms with Crippen molar-refractivity contribution in [3.05, 3.63) is 27.5 Å². The van der Waals surface area contributed by atoms with E-state index in [1.165, 1.54) is 11.7 Å². The second-order valence-electron chi connectivity index (χ2n) is 6.13. The minimum absolute atomic E-state index is 0.0591. The summed E-state index contributed by atoms with van der Waals surface area (Å²) in [6, 6.07) is 1.76. The molecule has 2 rings (SSSR count). The van der Waals surface area contributed by atoms with Gasteiger partial charge >= 0.3 is 5.97 Å². The van der Waals surface area contributed by atoms with Crippen molar-refractivity contribution in [1.29, 1.82) is 0 Å². The van der Waals surface area contributed by atoms with Gasteiger partial charge in [-0.1, -0.05) is 26.7 Å². The Hall–Kier alpha value is -2.04. The molecule has 0 amide bonds. The lowest BCUT2D eigenvalue weighted by Crippen LogP contribution is -2.16. The van der Waals surface area contributed by atoms with Gasteiger partial charge in [-0.3, -0.25) is 9.59 Å². The molecule has 0 aliphatic heterocycles. The van der Waals surface area contributed by atoms with Gasteiger partial charge in [-0.2, -0.15) is 4.74 Å². The van der Waals surface area contributed by atoms with E-state index >= 15 is 0 Å². The van der Waals surface area contributed by atoms with Crippen molar-refractivity contribution < 1.29 is 14.1 Å². The highest BCUT2D eigenvalue weighted by molar-refractivity contribution is 5.85. The van der Waals surface area contributed by atoms with E-state index in [1.54, 1.807) is 0 Å². The fourth-order valence-electron chi connectivity index (χ4n) is 2.83. The zero-order valence-corrected chi connectivity index (χ0v) is 14.6. The predicted octanol–water partition coefficient (Wildman–Crippen LogP) is 4.01. The molecule has 0 N–H and O–H groups in total. The highest BCUT2D eigenvalue weighted by Gasteiger charge is 2.22. The van der Waals surface area contributed by atoms with E-state index in [2.05, 4.69) is 6.92 Å². The topological polar surface area (TPSA) is 61.4 Å². The monoisotopic (exact) mass is 319 g/mol. The van der Waals surface area contributed by atoms with Crippen LogP contribution in [-0.2, 0) is 17.6 Å². The first-order chi connectivity index (χ1) is 10.9. The van der Waals surface area contributed by atoms with Crippen LogP contribution in [0.25, 0.3) is 11.0 Å². The van der Waals surface area contributed by atoms with Crippen LogP contribution in [0, 0.1) is 0 Å². The van der Waals surface area contributed by atoms with Gasteiger partial charge < -0.3 is 9.26 Å². The van der Waals surface area contributed by atoms with E-state index in [4.69, 9.17) is 9.26 Å². The quantitative estimate of drug-likeness (QED) is 0.596. The molecule has 0 spiro atoms. The summed E-state index contributed by atoms with van der Waals surface area (Å²) in [5, 5.41) is 0.571. The van der Waals surface area contributed by atoms with Gasteiger partial charge in [-0.05, 0) is 38.3 Å². The molecule has 0 bridgehead atoms. The average Bonchev–Trinajstić information content (AvgIpc) is 2.80. The number of hydrogen-bond acceptors (Lipinski definition) is 4. The zero-order chi connectivity index (χ0) is 17.1. The van der Waals surface area contributed by atoms with Crippen LogP contribution in [0.5, 0.6) is 5.75 Å². The van der Waals surface area contributed by atoms with Crippen molar-refractivity contribution in [2.75, 3.05) is 0 Å². The van der Waals surface area contributed by atoms with Crippen LogP contribution in [0.1, 0.15) is 64.6 Å². The summed E-state index contributed by atoms with van der Waals surface area (Å²) in [7, 11) is 0. The smallest absolute Gasteiger partial charge is 0.308 e. The Morgan fingerprint density at radius 2 is 1.91 bits per heavy atom. The van der Waals surface area contributed by atoms with E-state index in [1.807, 2.05) is 26.8 Å². The number of carbonyl (C=O) groups is 1. The van der Waals surface area contributed by atoms with Crippen LogP contribution in [-0.4, -0.2) is 10.7 Å². The van der Waals surface area contributed by atoms with Gasteiger partial charge in [0.15, 0.2) is 5.58 Å². The molecule has 1 aromatic carbocycles. The van der Waals surface area contributed by atoms with Crippen LogP contribution >= 0.6 is 0 Å². The number of hydrogen-bond donors (Lipinski definition) is 0. The highest BCUT2D eigenvalue weighted by Crippen LogP contribution is 2.34. The molecule has 1 aromatic heterocycles. The van der Waals surface area contributed by atoms with E-state index in [9.17, 15) is 9.59 Å². The lowest BCUT2D eigenvalue weighted by molar-refractivity contribution is -0.132. The van der Waals surface area contributed by atoms with Gasteiger partial charge in [-0.25, -0.2) is 0 Å². The Morgan fingerprint density at radius 1 is 1.26 bits per heavy atom. The number of nitrogens with zero attached hydrogens (tertiary/aromatic N) is 1. The highest BCUT2D eigenvalue weighted by atomic mass is 16.5. The summed E-state index contributed by atoms with van der Waals surface area (Å²) in [5.74, 6) is 0.211. The second-order valence-corrected chi connectivity index (χ2v) is 6.13. The minimum Gasteiger partial charge on any atom is -0.426 e. The SMILES string of the molecule is CCCc1cc2c(=O)n(C(C)C)oc2c(CCC)c1OC(C)=O. The van der Waals surface area contributed by atoms with Crippen molar-refractivity contribution in [2.45, 2.75) is 66.3 Å². The lowest BCUT2D eigenvalue weighted by Gasteiger charge is -2.13. The Kier molecular flexibility index (Phi) is 5.29. The number of carbonyl (C=O) groups excluding carboxylic acids is 1. The summed E-state index contributed by atoms with van der Waals surface area (Å²) >= 11 is 0. The third-order valence-corrected chi connectivity index (χ3v) is 3.76. The first-order valence-corrected chi connectivity index (χ1v) is 8.29. The van der Waals surface area contributed by atoms with E-state index in [0.29, 0.717) is 23.1 Å². The average molecular weight is 319 g/mol. The van der Waals surface area contributed by atoms with Crippen LogP contribution in [0.3, 0.4) is 0 Å². The predicted molar refractivity (Wildman–Crippen MR) is 90.2 cm³/mol. The maximum atomic E-state index is 12.6. The standard InChI is InChI=1S/C18H25NO4/c1-6-8-13-10-15-17(23-19(11(3)4)18(15)21)14(9-7-2)16(13)22-12(5)20/h10-11H,6-9H2,1-5H3. The van der Waals surface area contributed by atoms with Crippen LogP contribution in [0.4, 0.5) is 0 Å². The molecule has 0 saturated heterocycles. The third kappa shape index (κ3) is 3.33. The molecule has 0 atom stereocenters. The summed E-state index contributed by atoms with van der Waals surface area (Å²) in [6.45, 7) is 9.31. The molecule has 5 heteroatoms. The lowest BCUT2D eigenvalue weighted by atomic mass is 9.99. The fraction of sp³-hybridized carbons (Fsp3) is 0.556. The van der Waals surface area contributed by atoms with Crippen molar-refractivity contribution in [2.24, 2.45) is 0 Å². The Morgan fingerprint density at radius 3 is 2.43 bits per heavy atom. The van der Waals surface area contributed by atoms with E-state index in [0.717, 1.165) is 30.4 Å². The van der Waals surface area contributed by atoms with Crippen molar-refractivity contribution in [3.8, 4) is 5.75 Å². The van der Waals surface area contributed by atoms with Gasteiger partial charge in [0.25, 0.3) is 5.56 Å². The molecule has 1 heterocycles.